The normalized spacial score (nSPS) is 9.94. The average molecular weight is 230 g/mol. The van der Waals surface area contributed by atoms with Crippen LogP contribution in [-0.4, -0.2) is 9.91 Å². The van der Waals surface area contributed by atoms with Crippen LogP contribution in [0.3, 0.4) is 0 Å². The lowest BCUT2D eigenvalue weighted by Gasteiger charge is -2.07. The van der Waals surface area contributed by atoms with Gasteiger partial charge < -0.3 is 4.74 Å². The van der Waals surface area contributed by atoms with Crippen molar-refractivity contribution in [3.8, 4) is 11.5 Å². The number of nitro groups is 1. The maximum absolute atomic E-state index is 10.7. The molecule has 0 fully saturated rings. The molecule has 0 N–H and O–H groups in total. The van der Waals surface area contributed by atoms with Crippen molar-refractivity contribution in [3.05, 3.63) is 58.4 Å². The Morgan fingerprint density at radius 2 is 2.18 bits per heavy atom. The highest BCUT2D eigenvalue weighted by atomic mass is 16.6. The summed E-state index contributed by atoms with van der Waals surface area (Å²) in [6.07, 6.45) is 3.19. The maximum atomic E-state index is 10.7. The fraction of sp³-hybridized carbons (Fsp3) is 0.0833. The summed E-state index contributed by atoms with van der Waals surface area (Å²) in [4.78, 5) is 14.1. The number of aromatic nitrogens is 1. The Labute approximate surface area is 97.8 Å². The second-order valence-corrected chi connectivity index (χ2v) is 3.50. The molecule has 5 heteroatoms. The smallest absolute Gasteiger partial charge is 0.273 e. The van der Waals surface area contributed by atoms with E-state index in [9.17, 15) is 10.1 Å². The molecule has 0 aliphatic carbocycles. The van der Waals surface area contributed by atoms with Crippen LogP contribution in [0.4, 0.5) is 5.69 Å². The number of aryl methyl sites for hydroxylation is 1. The van der Waals surface area contributed by atoms with Gasteiger partial charge in [0.05, 0.1) is 17.2 Å². The third-order valence-corrected chi connectivity index (χ3v) is 2.24. The average Bonchev–Trinajstić information content (AvgIpc) is 2.33. The van der Waals surface area contributed by atoms with E-state index in [2.05, 4.69) is 4.98 Å². The summed E-state index contributed by atoms with van der Waals surface area (Å²) in [6.45, 7) is 1.83. The lowest BCUT2D eigenvalue weighted by atomic mass is 10.2. The summed E-state index contributed by atoms with van der Waals surface area (Å²) in [6, 6.07) is 7.99. The minimum Gasteiger partial charge on any atom is -0.455 e. The quantitative estimate of drug-likeness (QED) is 0.600. The van der Waals surface area contributed by atoms with Crippen LogP contribution < -0.4 is 4.74 Å². The predicted octanol–water partition coefficient (Wildman–Crippen LogP) is 3.09. The number of rotatable bonds is 3. The van der Waals surface area contributed by atoms with E-state index in [1.807, 2.05) is 6.92 Å². The van der Waals surface area contributed by atoms with Crippen LogP contribution in [0.2, 0.25) is 0 Å². The number of hydrogen-bond acceptors (Lipinski definition) is 4. The highest BCUT2D eigenvalue weighted by Gasteiger charge is 2.10. The van der Waals surface area contributed by atoms with E-state index in [1.165, 1.54) is 12.1 Å². The summed E-state index contributed by atoms with van der Waals surface area (Å²) in [5.74, 6) is 1.02. The van der Waals surface area contributed by atoms with Crippen molar-refractivity contribution in [1.82, 2.24) is 4.98 Å². The molecule has 2 aromatic rings. The standard InChI is InChI=1S/C12H10N2O3/c1-9-4-5-10(14(15)16)7-12(9)17-11-3-2-6-13-8-11/h2-8H,1H3. The van der Waals surface area contributed by atoms with Gasteiger partial charge in [0.2, 0.25) is 0 Å². The number of hydrogen-bond donors (Lipinski definition) is 0. The Morgan fingerprint density at radius 1 is 1.35 bits per heavy atom. The molecule has 0 radical (unpaired) electrons. The minimum absolute atomic E-state index is 0.00879. The molecule has 2 rings (SSSR count). The van der Waals surface area contributed by atoms with Gasteiger partial charge in [0, 0.05) is 12.3 Å². The number of ether oxygens (including phenoxy) is 1. The molecule has 5 nitrogen and oxygen atoms in total. The largest absolute Gasteiger partial charge is 0.455 e. The van der Waals surface area contributed by atoms with Gasteiger partial charge in [-0.15, -0.1) is 0 Å². The monoisotopic (exact) mass is 230 g/mol. The van der Waals surface area contributed by atoms with E-state index in [-0.39, 0.29) is 5.69 Å². The van der Waals surface area contributed by atoms with Crippen LogP contribution in [0.15, 0.2) is 42.7 Å². The first-order chi connectivity index (χ1) is 8.16. The van der Waals surface area contributed by atoms with Crippen LogP contribution >= 0.6 is 0 Å². The van der Waals surface area contributed by atoms with Crippen molar-refractivity contribution in [2.45, 2.75) is 6.92 Å². The van der Waals surface area contributed by atoms with Gasteiger partial charge >= 0.3 is 0 Å². The molecule has 0 aliphatic rings. The zero-order valence-electron chi connectivity index (χ0n) is 9.16. The van der Waals surface area contributed by atoms with E-state index >= 15 is 0 Å². The van der Waals surface area contributed by atoms with Crippen molar-refractivity contribution >= 4 is 5.69 Å². The molecular formula is C12H10N2O3. The van der Waals surface area contributed by atoms with E-state index < -0.39 is 4.92 Å². The maximum Gasteiger partial charge on any atom is 0.273 e. The molecule has 0 saturated heterocycles. The van der Waals surface area contributed by atoms with Gasteiger partial charge in [-0.3, -0.25) is 15.1 Å². The summed E-state index contributed by atoms with van der Waals surface area (Å²) in [5, 5.41) is 10.7. The Bertz CT molecular complexity index is 541. The molecule has 0 aliphatic heterocycles. The van der Waals surface area contributed by atoms with E-state index in [4.69, 9.17) is 4.74 Å². The molecule has 0 unspecified atom stereocenters. The van der Waals surface area contributed by atoms with Crippen molar-refractivity contribution in [1.29, 1.82) is 0 Å². The Morgan fingerprint density at radius 3 is 2.82 bits per heavy atom. The number of nitro benzene ring substituents is 1. The number of non-ortho nitro benzene ring substituents is 1. The Hall–Kier alpha value is -2.43. The van der Waals surface area contributed by atoms with Gasteiger partial charge in [0.15, 0.2) is 0 Å². The molecule has 86 valence electrons. The highest BCUT2D eigenvalue weighted by molar-refractivity contribution is 5.45. The van der Waals surface area contributed by atoms with Crippen LogP contribution in [0.25, 0.3) is 0 Å². The van der Waals surface area contributed by atoms with Crippen LogP contribution in [-0.2, 0) is 0 Å². The minimum atomic E-state index is -0.449. The number of benzene rings is 1. The SMILES string of the molecule is Cc1ccc([N+](=O)[O-])cc1Oc1cccnc1. The zero-order valence-corrected chi connectivity index (χ0v) is 9.16. The molecule has 0 bridgehead atoms. The molecule has 1 aromatic heterocycles. The van der Waals surface area contributed by atoms with Crippen molar-refractivity contribution < 1.29 is 9.66 Å². The number of nitrogens with zero attached hydrogens (tertiary/aromatic N) is 2. The van der Waals surface area contributed by atoms with Crippen molar-refractivity contribution in [2.75, 3.05) is 0 Å². The molecule has 0 saturated carbocycles. The molecule has 1 heterocycles. The fourth-order valence-electron chi connectivity index (χ4n) is 1.35. The molecular weight excluding hydrogens is 220 g/mol. The lowest BCUT2D eigenvalue weighted by molar-refractivity contribution is -0.384. The summed E-state index contributed by atoms with van der Waals surface area (Å²) in [7, 11) is 0. The first kappa shape index (κ1) is 11.1. The summed E-state index contributed by atoms with van der Waals surface area (Å²) < 4.78 is 5.53. The Kier molecular flexibility index (Phi) is 3.00. The van der Waals surface area contributed by atoms with E-state index in [0.29, 0.717) is 11.5 Å². The molecule has 0 spiro atoms. The topological polar surface area (TPSA) is 65.3 Å². The van der Waals surface area contributed by atoms with Gasteiger partial charge in [0.1, 0.15) is 11.5 Å². The Balaban J connectivity index is 2.32. The number of pyridine rings is 1. The van der Waals surface area contributed by atoms with Crippen LogP contribution in [0, 0.1) is 17.0 Å². The molecule has 0 amide bonds. The van der Waals surface area contributed by atoms with Gasteiger partial charge in [-0.05, 0) is 30.7 Å². The molecule has 0 atom stereocenters. The fourth-order valence-corrected chi connectivity index (χ4v) is 1.35. The highest BCUT2D eigenvalue weighted by Crippen LogP contribution is 2.28. The van der Waals surface area contributed by atoms with Crippen LogP contribution in [0.1, 0.15) is 5.56 Å². The van der Waals surface area contributed by atoms with Crippen molar-refractivity contribution in [2.24, 2.45) is 0 Å². The first-order valence-corrected chi connectivity index (χ1v) is 5.00. The van der Waals surface area contributed by atoms with Gasteiger partial charge in [0.25, 0.3) is 5.69 Å². The first-order valence-electron chi connectivity index (χ1n) is 5.00. The molecule has 1 aromatic carbocycles. The van der Waals surface area contributed by atoms with Gasteiger partial charge in [-0.2, -0.15) is 0 Å². The van der Waals surface area contributed by atoms with Gasteiger partial charge in [-0.25, -0.2) is 0 Å². The van der Waals surface area contributed by atoms with E-state index in [1.54, 1.807) is 30.6 Å². The molecule has 17 heavy (non-hydrogen) atoms. The second kappa shape index (κ2) is 4.61. The lowest BCUT2D eigenvalue weighted by Crippen LogP contribution is -1.92. The van der Waals surface area contributed by atoms with E-state index in [0.717, 1.165) is 5.56 Å². The zero-order chi connectivity index (χ0) is 12.3. The van der Waals surface area contributed by atoms with Crippen molar-refractivity contribution in [3.63, 3.8) is 0 Å². The third kappa shape index (κ3) is 2.57. The third-order valence-electron chi connectivity index (χ3n) is 2.24. The summed E-state index contributed by atoms with van der Waals surface area (Å²) >= 11 is 0. The van der Waals surface area contributed by atoms with Crippen LogP contribution in [0.5, 0.6) is 11.5 Å². The van der Waals surface area contributed by atoms with Gasteiger partial charge in [-0.1, -0.05) is 0 Å². The second-order valence-electron chi connectivity index (χ2n) is 3.50. The summed E-state index contributed by atoms with van der Waals surface area (Å²) in [5.41, 5.74) is 0.842. The predicted molar refractivity (Wildman–Crippen MR) is 62.1 cm³/mol.